The summed E-state index contributed by atoms with van der Waals surface area (Å²) in [6.45, 7) is 8.28. The third kappa shape index (κ3) is 5.53. The number of hydrogen-bond donors (Lipinski definition) is 1. The molecule has 0 saturated heterocycles. The summed E-state index contributed by atoms with van der Waals surface area (Å²) < 4.78 is 0. The van der Waals surface area contributed by atoms with Crippen LogP contribution in [0.1, 0.15) is 45.6 Å². The van der Waals surface area contributed by atoms with Crippen LogP contribution in [0.3, 0.4) is 0 Å². The lowest BCUT2D eigenvalue weighted by Crippen LogP contribution is -2.26. The van der Waals surface area contributed by atoms with Gasteiger partial charge in [0.1, 0.15) is 0 Å². The molecule has 2 nitrogen and oxygen atoms in total. The fourth-order valence-electron chi connectivity index (χ4n) is 1.73. The minimum absolute atomic E-state index is 0.0174. The van der Waals surface area contributed by atoms with E-state index in [4.69, 9.17) is 0 Å². The fourth-order valence-corrected chi connectivity index (χ4v) is 1.73. The largest absolute Gasteiger partial charge is 0.359 e. The zero-order chi connectivity index (χ0) is 13.3. The molecule has 1 rings (SSSR count). The molecule has 0 aliphatic rings. The summed E-state index contributed by atoms with van der Waals surface area (Å²) in [6.07, 6.45) is 0.893. The van der Waals surface area contributed by atoms with Crippen molar-refractivity contribution in [3.63, 3.8) is 0 Å². The molecule has 1 aromatic carbocycles. The lowest BCUT2D eigenvalue weighted by atomic mass is 9.90. The number of amides is 1. The van der Waals surface area contributed by atoms with Crippen molar-refractivity contribution in [2.75, 3.05) is 7.05 Å². The topological polar surface area (TPSA) is 29.1 Å². The number of nitrogens with one attached hydrogen (secondary N) is 1. The van der Waals surface area contributed by atoms with Crippen LogP contribution >= 0.6 is 0 Å². The van der Waals surface area contributed by atoms with E-state index in [1.807, 2.05) is 44.2 Å². The molecule has 0 fully saturated rings. The zero-order valence-electron chi connectivity index (χ0n) is 11.7. The number of hydrogen-bond acceptors (Lipinski definition) is 1. The first kappa shape index (κ1) is 15.7. The fraction of sp³-hybridized carbons (Fsp3) is 0.533. The first-order chi connectivity index (χ1) is 8.15. The zero-order valence-corrected chi connectivity index (χ0v) is 11.7. The molecule has 0 bridgehead atoms. The minimum Gasteiger partial charge on any atom is -0.359 e. The van der Waals surface area contributed by atoms with Crippen molar-refractivity contribution < 1.29 is 4.79 Å². The van der Waals surface area contributed by atoms with E-state index in [9.17, 15) is 4.79 Å². The first-order valence-electron chi connectivity index (χ1n) is 6.41. The Morgan fingerprint density at radius 1 is 1.18 bits per heavy atom. The Kier molecular flexibility index (Phi) is 8.12. The second kappa shape index (κ2) is 8.80. The highest BCUT2D eigenvalue weighted by Gasteiger charge is 2.19. The molecule has 0 radical (unpaired) electrons. The van der Waals surface area contributed by atoms with Crippen LogP contribution in [0.4, 0.5) is 0 Å². The lowest BCUT2D eigenvalue weighted by molar-refractivity contribution is -0.122. The highest BCUT2D eigenvalue weighted by molar-refractivity contribution is 5.83. The molecule has 0 aliphatic carbocycles. The standard InChI is InChI=1S/C13H19NO.C2H6/c1-10(2)9-12(13(15)14-3)11-7-5-4-6-8-11;1-2/h4-8,10,12H,9H2,1-3H3,(H,14,15);1-2H3. The first-order valence-corrected chi connectivity index (χ1v) is 6.41. The highest BCUT2D eigenvalue weighted by atomic mass is 16.1. The molecule has 1 atom stereocenters. The Labute approximate surface area is 105 Å². The van der Waals surface area contributed by atoms with Gasteiger partial charge in [0.15, 0.2) is 0 Å². The second-order valence-corrected chi connectivity index (χ2v) is 4.21. The molecule has 1 amide bonds. The molecule has 96 valence electrons. The van der Waals surface area contributed by atoms with Gasteiger partial charge in [-0.3, -0.25) is 4.79 Å². The van der Waals surface area contributed by atoms with Crippen molar-refractivity contribution in [3.8, 4) is 0 Å². The molecule has 0 spiro atoms. The Morgan fingerprint density at radius 3 is 2.12 bits per heavy atom. The predicted octanol–water partition coefficient (Wildman–Crippen LogP) is 3.59. The third-order valence-electron chi connectivity index (χ3n) is 2.47. The summed E-state index contributed by atoms with van der Waals surface area (Å²) in [7, 11) is 1.69. The molecule has 0 saturated carbocycles. The number of benzene rings is 1. The summed E-state index contributed by atoms with van der Waals surface area (Å²) in [6, 6.07) is 9.96. The van der Waals surface area contributed by atoms with Gasteiger partial charge in [-0.05, 0) is 17.9 Å². The molecule has 0 aliphatic heterocycles. The molecule has 1 N–H and O–H groups in total. The summed E-state index contributed by atoms with van der Waals surface area (Å²) in [4.78, 5) is 11.7. The Balaban J connectivity index is 0.00000121. The molecule has 17 heavy (non-hydrogen) atoms. The van der Waals surface area contributed by atoms with E-state index in [1.165, 1.54) is 0 Å². The number of carbonyl (C=O) groups is 1. The van der Waals surface area contributed by atoms with Gasteiger partial charge in [0, 0.05) is 7.05 Å². The van der Waals surface area contributed by atoms with Crippen LogP contribution in [-0.4, -0.2) is 13.0 Å². The van der Waals surface area contributed by atoms with Gasteiger partial charge in [-0.1, -0.05) is 58.0 Å². The lowest BCUT2D eigenvalue weighted by Gasteiger charge is -2.17. The van der Waals surface area contributed by atoms with E-state index in [0.717, 1.165) is 12.0 Å². The van der Waals surface area contributed by atoms with Crippen molar-refractivity contribution in [3.05, 3.63) is 35.9 Å². The van der Waals surface area contributed by atoms with Crippen LogP contribution in [0, 0.1) is 5.92 Å². The van der Waals surface area contributed by atoms with Crippen molar-refractivity contribution in [2.45, 2.75) is 40.0 Å². The monoisotopic (exact) mass is 235 g/mol. The Hall–Kier alpha value is -1.31. The van der Waals surface area contributed by atoms with Crippen LogP contribution < -0.4 is 5.32 Å². The van der Waals surface area contributed by atoms with Crippen LogP contribution in [0.2, 0.25) is 0 Å². The van der Waals surface area contributed by atoms with Crippen molar-refractivity contribution in [1.29, 1.82) is 0 Å². The number of carbonyl (C=O) groups excluding carboxylic acids is 1. The van der Waals surface area contributed by atoms with Crippen LogP contribution in [0.25, 0.3) is 0 Å². The molecule has 0 heterocycles. The van der Waals surface area contributed by atoms with E-state index in [1.54, 1.807) is 7.05 Å². The normalized spacial score (nSPS) is 11.4. The van der Waals surface area contributed by atoms with E-state index >= 15 is 0 Å². The molecule has 0 aromatic heterocycles. The van der Waals surface area contributed by atoms with Gasteiger partial charge in [-0.15, -0.1) is 0 Å². The Bertz CT molecular complexity index is 306. The quantitative estimate of drug-likeness (QED) is 0.849. The maximum absolute atomic E-state index is 11.7. The van der Waals surface area contributed by atoms with E-state index in [0.29, 0.717) is 5.92 Å². The molecule has 2 heteroatoms. The predicted molar refractivity (Wildman–Crippen MR) is 74.1 cm³/mol. The van der Waals surface area contributed by atoms with Crippen molar-refractivity contribution in [2.24, 2.45) is 5.92 Å². The number of rotatable bonds is 4. The van der Waals surface area contributed by atoms with Crippen molar-refractivity contribution in [1.82, 2.24) is 5.32 Å². The van der Waals surface area contributed by atoms with E-state index in [-0.39, 0.29) is 11.8 Å². The van der Waals surface area contributed by atoms with E-state index < -0.39 is 0 Å². The average Bonchev–Trinajstić information content (AvgIpc) is 2.38. The SMILES string of the molecule is CC.CNC(=O)C(CC(C)C)c1ccccc1. The second-order valence-electron chi connectivity index (χ2n) is 4.21. The van der Waals surface area contributed by atoms with E-state index in [2.05, 4.69) is 19.2 Å². The summed E-state index contributed by atoms with van der Waals surface area (Å²) in [5.41, 5.74) is 1.10. The molecular weight excluding hydrogens is 210 g/mol. The van der Waals surface area contributed by atoms with Gasteiger partial charge in [-0.2, -0.15) is 0 Å². The summed E-state index contributed by atoms with van der Waals surface area (Å²) in [5, 5.41) is 2.73. The third-order valence-corrected chi connectivity index (χ3v) is 2.47. The summed E-state index contributed by atoms with van der Waals surface area (Å²) >= 11 is 0. The van der Waals surface area contributed by atoms with Gasteiger partial charge in [0.05, 0.1) is 5.92 Å². The Morgan fingerprint density at radius 2 is 1.71 bits per heavy atom. The van der Waals surface area contributed by atoms with Gasteiger partial charge < -0.3 is 5.32 Å². The number of likely N-dealkylation sites (N-methyl/N-ethyl adjacent to an activating group) is 1. The van der Waals surface area contributed by atoms with Gasteiger partial charge in [0.25, 0.3) is 0 Å². The highest BCUT2D eigenvalue weighted by Crippen LogP contribution is 2.23. The van der Waals surface area contributed by atoms with Gasteiger partial charge in [-0.25, -0.2) is 0 Å². The summed E-state index contributed by atoms with van der Waals surface area (Å²) in [5.74, 6) is 0.610. The minimum atomic E-state index is -0.0174. The maximum Gasteiger partial charge on any atom is 0.227 e. The van der Waals surface area contributed by atoms with Crippen LogP contribution in [0.5, 0.6) is 0 Å². The van der Waals surface area contributed by atoms with Gasteiger partial charge in [0.2, 0.25) is 5.91 Å². The molecule has 1 aromatic rings. The van der Waals surface area contributed by atoms with Gasteiger partial charge >= 0.3 is 0 Å². The van der Waals surface area contributed by atoms with Crippen LogP contribution in [0.15, 0.2) is 30.3 Å². The average molecular weight is 235 g/mol. The van der Waals surface area contributed by atoms with Crippen LogP contribution in [-0.2, 0) is 4.79 Å². The smallest absolute Gasteiger partial charge is 0.227 e. The molecule has 1 unspecified atom stereocenters. The maximum atomic E-state index is 11.7. The molecular formula is C15H25NO. The van der Waals surface area contributed by atoms with Crippen molar-refractivity contribution >= 4 is 5.91 Å².